The molecule has 0 fully saturated rings. The number of methoxy groups -OCH3 is 2. The van der Waals surface area contributed by atoms with Gasteiger partial charge in [0.15, 0.2) is 0 Å². The van der Waals surface area contributed by atoms with Crippen LogP contribution in [0.15, 0.2) is 36.8 Å². The van der Waals surface area contributed by atoms with E-state index in [2.05, 4.69) is 15.6 Å². The van der Waals surface area contributed by atoms with E-state index in [1.807, 2.05) is 24.3 Å². The number of hydrogen-bond acceptors (Lipinski definition) is 5. The molecule has 0 bridgehead atoms. The van der Waals surface area contributed by atoms with Crippen LogP contribution in [0.1, 0.15) is 16.9 Å². The highest BCUT2D eigenvalue weighted by Gasteiger charge is 2.10. The molecule has 0 aliphatic rings. The van der Waals surface area contributed by atoms with E-state index < -0.39 is 0 Å². The minimum absolute atomic E-state index is 0.138. The van der Waals surface area contributed by atoms with Gasteiger partial charge in [0.25, 0.3) is 5.91 Å². The van der Waals surface area contributed by atoms with Crippen molar-refractivity contribution in [2.45, 2.75) is 6.42 Å². The summed E-state index contributed by atoms with van der Waals surface area (Å²) in [5.74, 6) is 0.295. The Morgan fingerprint density at radius 1 is 1.12 bits per heavy atom. The molecule has 25 heavy (non-hydrogen) atoms. The number of hydrogen-bond donors (Lipinski definition) is 2. The van der Waals surface area contributed by atoms with Crippen molar-refractivity contribution in [3.8, 4) is 11.4 Å². The molecule has 0 aliphatic carbocycles. The van der Waals surface area contributed by atoms with Crippen molar-refractivity contribution in [2.75, 3.05) is 33.9 Å². The SMILES string of the molecule is COCCNC(=O)CCNC(=O)c1cn(-c2ccc(OC)cc2)cn1. The summed E-state index contributed by atoms with van der Waals surface area (Å²) in [6.07, 6.45) is 3.40. The molecule has 1 aromatic carbocycles. The van der Waals surface area contributed by atoms with Gasteiger partial charge in [-0.1, -0.05) is 0 Å². The largest absolute Gasteiger partial charge is 0.497 e. The number of aromatic nitrogens is 2. The molecule has 0 spiro atoms. The summed E-state index contributed by atoms with van der Waals surface area (Å²) >= 11 is 0. The van der Waals surface area contributed by atoms with Crippen molar-refractivity contribution in [1.29, 1.82) is 0 Å². The number of nitrogens with zero attached hydrogens (tertiary/aromatic N) is 2. The molecule has 0 aliphatic heterocycles. The van der Waals surface area contributed by atoms with Crippen molar-refractivity contribution in [1.82, 2.24) is 20.2 Å². The Bertz CT molecular complexity index is 697. The first kappa shape index (κ1) is 18.5. The summed E-state index contributed by atoms with van der Waals surface area (Å²) < 4.78 is 11.7. The number of carbonyl (C=O) groups is 2. The first-order chi connectivity index (χ1) is 12.1. The highest BCUT2D eigenvalue weighted by atomic mass is 16.5. The molecule has 0 saturated heterocycles. The molecule has 0 saturated carbocycles. The molecule has 0 radical (unpaired) electrons. The highest BCUT2D eigenvalue weighted by Crippen LogP contribution is 2.15. The van der Waals surface area contributed by atoms with Crippen LogP contribution >= 0.6 is 0 Å². The average Bonchev–Trinajstić information content (AvgIpc) is 3.12. The Hall–Kier alpha value is -2.87. The second-order valence-electron chi connectivity index (χ2n) is 5.21. The standard InChI is InChI=1S/C17H22N4O4/c1-24-10-9-18-16(22)7-8-19-17(23)15-11-21(12-20-15)13-3-5-14(25-2)6-4-13/h3-6,11-12H,7-10H2,1-2H3,(H,18,22)(H,19,23). The number of amides is 2. The average molecular weight is 346 g/mol. The molecule has 0 atom stereocenters. The second-order valence-corrected chi connectivity index (χ2v) is 5.21. The quantitative estimate of drug-likeness (QED) is 0.654. The van der Waals surface area contributed by atoms with Crippen molar-refractivity contribution in [2.24, 2.45) is 0 Å². The van der Waals surface area contributed by atoms with Gasteiger partial charge in [0, 0.05) is 38.5 Å². The van der Waals surface area contributed by atoms with Gasteiger partial charge in [-0.05, 0) is 24.3 Å². The smallest absolute Gasteiger partial charge is 0.271 e. The molecular weight excluding hydrogens is 324 g/mol. The Labute approximate surface area is 146 Å². The lowest BCUT2D eigenvalue weighted by molar-refractivity contribution is -0.121. The summed E-state index contributed by atoms with van der Waals surface area (Å²) in [5.41, 5.74) is 1.15. The molecule has 1 heterocycles. The van der Waals surface area contributed by atoms with Gasteiger partial charge in [-0.15, -0.1) is 0 Å². The minimum Gasteiger partial charge on any atom is -0.497 e. The molecular formula is C17H22N4O4. The number of nitrogens with one attached hydrogen (secondary N) is 2. The number of benzene rings is 1. The fraction of sp³-hybridized carbons (Fsp3) is 0.353. The topological polar surface area (TPSA) is 94.5 Å². The van der Waals surface area contributed by atoms with Gasteiger partial charge in [0.1, 0.15) is 17.8 Å². The van der Waals surface area contributed by atoms with E-state index in [1.54, 1.807) is 31.3 Å². The van der Waals surface area contributed by atoms with Gasteiger partial charge in [-0.3, -0.25) is 9.59 Å². The monoisotopic (exact) mass is 346 g/mol. The van der Waals surface area contributed by atoms with Gasteiger partial charge in [0.2, 0.25) is 5.91 Å². The Morgan fingerprint density at radius 2 is 1.88 bits per heavy atom. The first-order valence-corrected chi connectivity index (χ1v) is 7.86. The van der Waals surface area contributed by atoms with Crippen molar-refractivity contribution in [3.05, 3.63) is 42.5 Å². The minimum atomic E-state index is -0.322. The molecule has 2 amide bonds. The predicted molar refractivity (Wildman–Crippen MR) is 92.0 cm³/mol. The van der Waals surface area contributed by atoms with Crippen LogP contribution in [0.3, 0.4) is 0 Å². The molecule has 134 valence electrons. The lowest BCUT2D eigenvalue weighted by Crippen LogP contribution is -2.32. The van der Waals surface area contributed by atoms with E-state index in [-0.39, 0.29) is 30.5 Å². The van der Waals surface area contributed by atoms with Crippen LogP contribution in [0.4, 0.5) is 0 Å². The summed E-state index contributed by atoms with van der Waals surface area (Å²) in [4.78, 5) is 27.7. The number of ether oxygens (including phenoxy) is 2. The van der Waals surface area contributed by atoms with E-state index in [0.717, 1.165) is 11.4 Å². The first-order valence-electron chi connectivity index (χ1n) is 7.86. The number of carbonyl (C=O) groups excluding carboxylic acids is 2. The predicted octanol–water partition coefficient (Wildman–Crippen LogP) is 0.763. The van der Waals surface area contributed by atoms with Crippen molar-refractivity contribution >= 4 is 11.8 Å². The summed E-state index contributed by atoms with van der Waals surface area (Å²) in [6, 6.07) is 7.40. The van der Waals surface area contributed by atoms with Gasteiger partial charge < -0.3 is 24.7 Å². The lowest BCUT2D eigenvalue weighted by Gasteiger charge is -2.05. The Kier molecular flexibility index (Phi) is 6.97. The van der Waals surface area contributed by atoms with Crippen LogP contribution in [0.2, 0.25) is 0 Å². The third kappa shape index (κ3) is 5.61. The van der Waals surface area contributed by atoms with Crippen LogP contribution < -0.4 is 15.4 Å². The fourth-order valence-corrected chi connectivity index (χ4v) is 2.10. The van der Waals surface area contributed by atoms with Gasteiger partial charge in [0.05, 0.1) is 13.7 Å². The molecule has 2 rings (SSSR count). The van der Waals surface area contributed by atoms with Gasteiger partial charge >= 0.3 is 0 Å². The summed E-state index contributed by atoms with van der Waals surface area (Å²) in [6.45, 7) is 1.16. The zero-order valence-electron chi connectivity index (χ0n) is 14.3. The lowest BCUT2D eigenvalue weighted by atomic mass is 10.3. The summed E-state index contributed by atoms with van der Waals surface area (Å²) in [7, 11) is 3.17. The van der Waals surface area contributed by atoms with E-state index in [0.29, 0.717) is 13.2 Å². The molecule has 2 aromatic rings. The molecule has 2 N–H and O–H groups in total. The van der Waals surface area contributed by atoms with Crippen LogP contribution in [-0.2, 0) is 9.53 Å². The zero-order valence-corrected chi connectivity index (χ0v) is 14.3. The van der Waals surface area contributed by atoms with Gasteiger partial charge in [-0.25, -0.2) is 4.98 Å². The molecule has 8 heteroatoms. The third-order valence-electron chi connectivity index (χ3n) is 3.45. The van der Waals surface area contributed by atoms with E-state index in [9.17, 15) is 9.59 Å². The van der Waals surface area contributed by atoms with Crippen molar-refractivity contribution in [3.63, 3.8) is 0 Å². The Morgan fingerprint density at radius 3 is 2.56 bits per heavy atom. The maximum absolute atomic E-state index is 12.1. The number of rotatable bonds is 9. The fourth-order valence-electron chi connectivity index (χ4n) is 2.10. The summed E-state index contributed by atoms with van der Waals surface area (Å²) in [5, 5.41) is 5.36. The van der Waals surface area contributed by atoms with E-state index >= 15 is 0 Å². The highest BCUT2D eigenvalue weighted by molar-refractivity contribution is 5.92. The molecule has 1 aromatic heterocycles. The maximum Gasteiger partial charge on any atom is 0.271 e. The molecule has 0 unspecified atom stereocenters. The van der Waals surface area contributed by atoms with E-state index in [4.69, 9.17) is 9.47 Å². The number of imidazole rings is 1. The third-order valence-corrected chi connectivity index (χ3v) is 3.45. The normalized spacial score (nSPS) is 10.3. The van der Waals surface area contributed by atoms with Gasteiger partial charge in [-0.2, -0.15) is 0 Å². The van der Waals surface area contributed by atoms with Crippen LogP contribution in [0.5, 0.6) is 5.75 Å². The zero-order chi connectivity index (χ0) is 18.1. The van der Waals surface area contributed by atoms with Crippen molar-refractivity contribution < 1.29 is 19.1 Å². The van der Waals surface area contributed by atoms with Crippen LogP contribution in [-0.4, -0.2) is 55.3 Å². The van der Waals surface area contributed by atoms with Crippen LogP contribution in [0, 0.1) is 0 Å². The van der Waals surface area contributed by atoms with Crippen LogP contribution in [0.25, 0.3) is 5.69 Å². The Balaban J connectivity index is 1.82. The van der Waals surface area contributed by atoms with E-state index in [1.165, 1.54) is 0 Å². The molecule has 8 nitrogen and oxygen atoms in total. The second kappa shape index (κ2) is 9.43. The maximum atomic E-state index is 12.1.